The van der Waals surface area contributed by atoms with Crippen LogP contribution in [0.25, 0.3) is 5.69 Å². The summed E-state index contributed by atoms with van der Waals surface area (Å²) in [7, 11) is 0. The summed E-state index contributed by atoms with van der Waals surface area (Å²) in [5.74, 6) is 0.263. The van der Waals surface area contributed by atoms with Gasteiger partial charge < -0.3 is 10.6 Å². The third kappa shape index (κ3) is 6.54. The zero-order valence-electron chi connectivity index (χ0n) is 18.4. The fraction of sp³-hybridized carbons (Fsp3) is 0.320. The fourth-order valence-electron chi connectivity index (χ4n) is 3.11. The fourth-order valence-corrected chi connectivity index (χ4v) is 3.11. The molecule has 1 aromatic heterocycles. The number of carbonyl (C=O) groups is 2. The van der Waals surface area contributed by atoms with Crippen LogP contribution in [-0.4, -0.2) is 28.1 Å². The molecule has 0 bridgehead atoms. The largest absolute Gasteiger partial charge is 0.356 e. The lowest BCUT2D eigenvalue weighted by Crippen LogP contribution is -2.27. The van der Waals surface area contributed by atoms with E-state index in [1.807, 2.05) is 66.7 Å². The average Bonchev–Trinajstić information content (AvgIpc) is 3.18. The topological polar surface area (TPSA) is 76.0 Å². The number of benzene rings is 2. The lowest BCUT2D eigenvalue weighted by Gasteiger charge is -2.14. The molecule has 0 radical (unpaired) electrons. The molecule has 1 heterocycles. The monoisotopic (exact) mass is 418 g/mol. The molecule has 6 heteroatoms. The summed E-state index contributed by atoms with van der Waals surface area (Å²) in [5, 5.41) is 10.5. The third-order valence-electron chi connectivity index (χ3n) is 4.90. The molecule has 0 aliphatic carbocycles. The van der Waals surface area contributed by atoms with Gasteiger partial charge >= 0.3 is 0 Å². The van der Waals surface area contributed by atoms with Crippen molar-refractivity contribution in [1.29, 1.82) is 0 Å². The van der Waals surface area contributed by atoms with E-state index in [4.69, 9.17) is 5.10 Å². The highest BCUT2D eigenvalue weighted by Gasteiger charge is 2.21. The molecule has 0 unspecified atom stereocenters. The molecule has 2 aromatic carbocycles. The predicted octanol–water partition coefficient (Wildman–Crippen LogP) is 4.25. The van der Waals surface area contributed by atoms with Crippen molar-refractivity contribution < 1.29 is 9.59 Å². The molecule has 0 saturated carbocycles. The lowest BCUT2D eigenvalue weighted by atomic mass is 9.92. The zero-order chi connectivity index (χ0) is 22.3. The Bertz CT molecular complexity index is 1010. The van der Waals surface area contributed by atoms with Crippen molar-refractivity contribution in [3.05, 3.63) is 78.0 Å². The lowest BCUT2D eigenvalue weighted by molar-refractivity contribution is -0.124. The van der Waals surface area contributed by atoms with Gasteiger partial charge in [-0.05, 0) is 24.1 Å². The van der Waals surface area contributed by atoms with Crippen LogP contribution in [0.2, 0.25) is 0 Å². The van der Waals surface area contributed by atoms with Crippen molar-refractivity contribution in [2.75, 3.05) is 11.9 Å². The van der Waals surface area contributed by atoms with E-state index in [-0.39, 0.29) is 30.1 Å². The molecule has 2 amide bonds. The van der Waals surface area contributed by atoms with Gasteiger partial charge in [0.2, 0.25) is 11.8 Å². The standard InChI is InChI=1S/C25H30N4O2/c1-25(2,3)21-18-22(29(28-21)20-12-8-5-9-13-20)27-24(31)15-14-23(30)26-17-16-19-10-6-4-7-11-19/h4-13,18H,14-17H2,1-3H3,(H,26,30)(H,27,31). The predicted molar refractivity (Wildman–Crippen MR) is 123 cm³/mol. The van der Waals surface area contributed by atoms with Crippen molar-refractivity contribution in [2.24, 2.45) is 0 Å². The number of aromatic nitrogens is 2. The second kappa shape index (κ2) is 10.1. The summed E-state index contributed by atoms with van der Waals surface area (Å²) in [6, 6.07) is 21.6. The van der Waals surface area contributed by atoms with Gasteiger partial charge in [0.05, 0.1) is 11.4 Å². The number of hydrogen-bond donors (Lipinski definition) is 2. The molecule has 0 spiro atoms. The van der Waals surface area contributed by atoms with Gasteiger partial charge in [-0.2, -0.15) is 5.10 Å². The van der Waals surface area contributed by atoms with E-state index in [2.05, 4.69) is 31.4 Å². The van der Waals surface area contributed by atoms with Crippen LogP contribution in [0.15, 0.2) is 66.7 Å². The number of anilines is 1. The van der Waals surface area contributed by atoms with Gasteiger partial charge in [-0.15, -0.1) is 0 Å². The zero-order valence-corrected chi connectivity index (χ0v) is 18.4. The Morgan fingerprint density at radius 2 is 1.52 bits per heavy atom. The van der Waals surface area contributed by atoms with Crippen LogP contribution in [0.4, 0.5) is 5.82 Å². The molecule has 0 atom stereocenters. The Morgan fingerprint density at radius 1 is 0.903 bits per heavy atom. The Balaban J connectivity index is 1.56. The van der Waals surface area contributed by atoms with Crippen molar-refractivity contribution in [3.63, 3.8) is 0 Å². The van der Waals surface area contributed by atoms with Crippen molar-refractivity contribution in [1.82, 2.24) is 15.1 Å². The van der Waals surface area contributed by atoms with Gasteiger partial charge in [-0.25, -0.2) is 4.68 Å². The first kappa shape index (κ1) is 22.3. The van der Waals surface area contributed by atoms with Crippen LogP contribution in [0.5, 0.6) is 0 Å². The van der Waals surface area contributed by atoms with Gasteiger partial charge in [0.25, 0.3) is 0 Å². The smallest absolute Gasteiger partial charge is 0.226 e. The number of rotatable bonds is 8. The number of para-hydroxylation sites is 1. The number of hydrogen-bond acceptors (Lipinski definition) is 3. The Hall–Kier alpha value is -3.41. The summed E-state index contributed by atoms with van der Waals surface area (Å²) < 4.78 is 1.73. The van der Waals surface area contributed by atoms with Gasteiger partial charge in [-0.3, -0.25) is 9.59 Å². The Kier molecular flexibility index (Phi) is 7.23. The first-order valence-corrected chi connectivity index (χ1v) is 10.6. The molecule has 162 valence electrons. The summed E-state index contributed by atoms with van der Waals surface area (Å²) >= 11 is 0. The van der Waals surface area contributed by atoms with E-state index >= 15 is 0 Å². The second-order valence-electron chi connectivity index (χ2n) is 8.55. The number of nitrogens with one attached hydrogen (secondary N) is 2. The number of nitrogens with zero attached hydrogens (tertiary/aromatic N) is 2. The summed E-state index contributed by atoms with van der Waals surface area (Å²) in [6.07, 6.45) is 1.03. The van der Waals surface area contributed by atoms with Gasteiger partial charge in [0.15, 0.2) is 0 Å². The Morgan fingerprint density at radius 3 is 2.16 bits per heavy atom. The SMILES string of the molecule is CC(C)(C)c1cc(NC(=O)CCC(=O)NCCc2ccccc2)n(-c2ccccc2)n1. The van der Waals surface area contributed by atoms with Crippen molar-refractivity contribution >= 4 is 17.6 Å². The highest BCUT2D eigenvalue weighted by molar-refractivity contribution is 5.92. The van der Waals surface area contributed by atoms with Crippen molar-refractivity contribution in [3.8, 4) is 5.69 Å². The van der Waals surface area contributed by atoms with Crippen LogP contribution in [0.3, 0.4) is 0 Å². The van der Waals surface area contributed by atoms with E-state index in [1.54, 1.807) is 4.68 Å². The molecule has 0 aliphatic heterocycles. The van der Waals surface area contributed by atoms with E-state index < -0.39 is 0 Å². The molecule has 31 heavy (non-hydrogen) atoms. The quantitative estimate of drug-likeness (QED) is 0.574. The molecule has 0 saturated heterocycles. The summed E-state index contributed by atoms with van der Waals surface area (Å²) in [5.41, 5.74) is 2.76. The highest BCUT2D eigenvalue weighted by atomic mass is 16.2. The number of carbonyl (C=O) groups excluding carboxylic acids is 2. The summed E-state index contributed by atoms with van der Waals surface area (Å²) in [6.45, 7) is 6.79. The normalized spacial score (nSPS) is 11.2. The van der Waals surface area contributed by atoms with Gasteiger partial charge in [0, 0.05) is 30.9 Å². The molecule has 2 N–H and O–H groups in total. The second-order valence-corrected chi connectivity index (χ2v) is 8.55. The van der Waals surface area contributed by atoms with E-state index in [0.717, 1.165) is 17.8 Å². The maximum atomic E-state index is 12.5. The molecule has 6 nitrogen and oxygen atoms in total. The number of amides is 2. The highest BCUT2D eigenvalue weighted by Crippen LogP contribution is 2.26. The Labute approximate surface area is 183 Å². The maximum absolute atomic E-state index is 12.5. The van der Waals surface area contributed by atoms with Gasteiger partial charge in [-0.1, -0.05) is 69.3 Å². The van der Waals surface area contributed by atoms with E-state index in [1.165, 1.54) is 5.56 Å². The minimum Gasteiger partial charge on any atom is -0.356 e. The van der Waals surface area contributed by atoms with Crippen LogP contribution in [0, 0.1) is 0 Å². The maximum Gasteiger partial charge on any atom is 0.226 e. The van der Waals surface area contributed by atoms with Crippen LogP contribution in [-0.2, 0) is 21.4 Å². The van der Waals surface area contributed by atoms with E-state index in [0.29, 0.717) is 12.4 Å². The molecular formula is C25H30N4O2. The summed E-state index contributed by atoms with van der Waals surface area (Å²) in [4.78, 5) is 24.6. The van der Waals surface area contributed by atoms with Crippen LogP contribution >= 0.6 is 0 Å². The minimum absolute atomic E-state index is 0.113. The minimum atomic E-state index is -0.212. The first-order chi connectivity index (χ1) is 14.8. The molecule has 3 aromatic rings. The van der Waals surface area contributed by atoms with Crippen LogP contribution in [0.1, 0.15) is 44.9 Å². The average molecular weight is 419 g/mol. The molecular weight excluding hydrogens is 388 g/mol. The first-order valence-electron chi connectivity index (χ1n) is 10.6. The van der Waals surface area contributed by atoms with Crippen LogP contribution < -0.4 is 10.6 Å². The molecule has 0 aliphatic rings. The van der Waals surface area contributed by atoms with Gasteiger partial charge in [0.1, 0.15) is 5.82 Å². The molecule has 3 rings (SSSR count). The van der Waals surface area contributed by atoms with E-state index in [9.17, 15) is 9.59 Å². The molecule has 0 fully saturated rings. The van der Waals surface area contributed by atoms with Crippen molar-refractivity contribution in [2.45, 2.75) is 45.4 Å². The third-order valence-corrected chi connectivity index (χ3v) is 4.90.